The Morgan fingerprint density at radius 2 is 1.97 bits per heavy atom. The molecular weight excluding hydrogens is 378 g/mol. The van der Waals surface area contributed by atoms with Gasteiger partial charge in [0.05, 0.1) is 12.7 Å². The van der Waals surface area contributed by atoms with Crippen LogP contribution in [0.15, 0.2) is 59.6 Å². The van der Waals surface area contributed by atoms with E-state index in [0.29, 0.717) is 25.9 Å². The van der Waals surface area contributed by atoms with E-state index in [1.807, 2.05) is 30.3 Å². The van der Waals surface area contributed by atoms with Crippen LogP contribution in [-0.2, 0) is 22.6 Å². The van der Waals surface area contributed by atoms with Gasteiger partial charge in [0, 0.05) is 33.4 Å². The Bertz CT molecular complexity index is 761. The molecule has 1 heterocycles. The average Bonchev–Trinajstić information content (AvgIpc) is 3.31. The number of guanidine groups is 1. The van der Waals surface area contributed by atoms with Gasteiger partial charge in [-0.3, -0.25) is 4.99 Å². The van der Waals surface area contributed by atoms with E-state index in [-0.39, 0.29) is 0 Å². The molecule has 2 aromatic carbocycles. The van der Waals surface area contributed by atoms with Crippen LogP contribution < -0.4 is 15.4 Å². The van der Waals surface area contributed by atoms with Gasteiger partial charge in [-0.05, 0) is 42.5 Å². The standard InChI is InChI=1S/C24H33N3O3/c1-25-24(26-13-7-14-28-19-23-12-6-15-29-23)27-17-21-10-5-11-22(16-21)30-18-20-8-3-2-4-9-20/h2-5,8-11,16,23H,6-7,12-15,17-19H2,1H3,(H2,25,26,27). The van der Waals surface area contributed by atoms with Crippen LogP contribution in [0.2, 0.25) is 0 Å². The minimum absolute atomic E-state index is 0.292. The quantitative estimate of drug-likeness (QED) is 0.337. The number of hydrogen-bond donors (Lipinski definition) is 2. The molecule has 0 aliphatic carbocycles. The zero-order chi connectivity index (χ0) is 20.9. The molecule has 6 nitrogen and oxygen atoms in total. The van der Waals surface area contributed by atoms with E-state index < -0.39 is 0 Å². The lowest BCUT2D eigenvalue weighted by Gasteiger charge is -2.13. The molecule has 3 rings (SSSR count). The Balaban J connectivity index is 1.32. The average molecular weight is 412 g/mol. The number of ether oxygens (including phenoxy) is 3. The summed E-state index contributed by atoms with van der Waals surface area (Å²) in [6, 6.07) is 18.3. The summed E-state index contributed by atoms with van der Waals surface area (Å²) >= 11 is 0. The van der Waals surface area contributed by atoms with Crippen LogP contribution in [0, 0.1) is 0 Å². The minimum atomic E-state index is 0.292. The summed E-state index contributed by atoms with van der Waals surface area (Å²) in [4.78, 5) is 4.28. The maximum absolute atomic E-state index is 5.91. The molecule has 1 fully saturated rings. The Kier molecular flexibility index (Phi) is 9.50. The SMILES string of the molecule is CN=C(NCCCOCC1CCCO1)NCc1cccc(OCc2ccccc2)c1. The summed E-state index contributed by atoms with van der Waals surface area (Å²) in [5.74, 6) is 1.65. The normalized spacial score (nSPS) is 16.4. The predicted molar refractivity (Wildman–Crippen MR) is 120 cm³/mol. The van der Waals surface area contributed by atoms with Crippen molar-refractivity contribution in [1.82, 2.24) is 10.6 Å². The first-order valence-electron chi connectivity index (χ1n) is 10.7. The van der Waals surface area contributed by atoms with Crippen LogP contribution in [0.4, 0.5) is 0 Å². The van der Waals surface area contributed by atoms with Crippen molar-refractivity contribution in [3.63, 3.8) is 0 Å². The van der Waals surface area contributed by atoms with E-state index in [1.165, 1.54) is 0 Å². The van der Waals surface area contributed by atoms with Gasteiger partial charge in [0.1, 0.15) is 12.4 Å². The number of nitrogens with zero attached hydrogens (tertiary/aromatic N) is 1. The Labute approximate surface area is 179 Å². The highest BCUT2D eigenvalue weighted by molar-refractivity contribution is 5.79. The minimum Gasteiger partial charge on any atom is -0.489 e. The zero-order valence-electron chi connectivity index (χ0n) is 17.8. The van der Waals surface area contributed by atoms with Gasteiger partial charge < -0.3 is 24.8 Å². The molecule has 0 saturated carbocycles. The van der Waals surface area contributed by atoms with Crippen LogP contribution >= 0.6 is 0 Å². The molecule has 1 atom stereocenters. The van der Waals surface area contributed by atoms with Gasteiger partial charge >= 0.3 is 0 Å². The van der Waals surface area contributed by atoms with E-state index in [2.05, 4.69) is 39.9 Å². The second-order valence-electron chi connectivity index (χ2n) is 7.34. The van der Waals surface area contributed by atoms with E-state index >= 15 is 0 Å². The summed E-state index contributed by atoms with van der Waals surface area (Å²) in [6.07, 6.45) is 3.49. The topological polar surface area (TPSA) is 64.1 Å². The third kappa shape index (κ3) is 8.05. The van der Waals surface area contributed by atoms with Crippen molar-refractivity contribution in [2.24, 2.45) is 4.99 Å². The highest BCUT2D eigenvalue weighted by Gasteiger charge is 2.14. The lowest BCUT2D eigenvalue weighted by Crippen LogP contribution is -2.37. The van der Waals surface area contributed by atoms with E-state index in [1.54, 1.807) is 7.05 Å². The Hall–Kier alpha value is -2.57. The molecule has 6 heteroatoms. The molecule has 0 aromatic heterocycles. The van der Waals surface area contributed by atoms with Gasteiger partial charge in [0.25, 0.3) is 0 Å². The first kappa shape index (κ1) is 22.1. The first-order valence-corrected chi connectivity index (χ1v) is 10.7. The summed E-state index contributed by atoms with van der Waals surface area (Å²) in [5.41, 5.74) is 2.30. The molecule has 0 radical (unpaired) electrons. The van der Waals surface area contributed by atoms with Crippen molar-refractivity contribution in [3.05, 3.63) is 65.7 Å². The fraction of sp³-hybridized carbons (Fsp3) is 0.458. The number of aliphatic imine (C=N–C) groups is 1. The molecule has 0 spiro atoms. The van der Waals surface area contributed by atoms with Crippen LogP contribution in [0.5, 0.6) is 5.75 Å². The number of nitrogens with one attached hydrogen (secondary N) is 2. The summed E-state index contributed by atoms with van der Waals surface area (Å²) in [6.45, 7) is 4.36. The van der Waals surface area contributed by atoms with Crippen molar-refractivity contribution in [1.29, 1.82) is 0 Å². The lowest BCUT2D eigenvalue weighted by atomic mass is 10.2. The molecule has 1 saturated heterocycles. The Morgan fingerprint density at radius 1 is 1.10 bits per heavy atom. The predicted octanol–water partition coefficient (Wildman–Crippen LogP) is 3.52. The van der Waals surface area contributed by atoms with Crippen LogP contribution in [0.25, 0.3) is 0 Å². The van der Waals surface area contributed by atoms with Gasteiger partial charge in [0.15, 0.2) is 5.96 Å². The molecule has 30 heavy (non-hydrogen) atoms. The summed E-state index contributed by atoms with van der Waals surface area (Å²) < 4.78 is 17.2. The largest absolute Gasteiger partial charge is 0.489 e. The van der Waals surface area contributed by atoms with Crippen LogP contribution in [-0.4, -0.2) is 45.5 Å². The van der Waals surface area contributed by atoms with Crippen molar-refractivity contribution in [2.45, 2.75) is 38.5 Å². The third-order valence-electron chi connectivity index (χ3n) is 4.92. The fourth-order valence-electron chi connectivity index (χ4n) is 3.26. The van der Waals surface area contributed by atoms with Crippen molar-refractivity contribution < 1.29 is 14.2 Å². The number of benzene rings is 2. The van der Waals surface area contributed by atoms with Crippen molar-refractivity contribution >= 4 is 5.96 Å². The third-order valence-corrected chi connectivity index (χ3v) is 4.92. The molecule has 162 valence electrons. The summed E-state index contributed by atoms with van der Waals surface area (Å²) in [7, 11) is 1.78. The molecule has 1 unspecified atom stereocenters. The Morgan fingerprint density at radius 3 is 2.77 bits per heavy atom. The molecule has 0 amide bonds. The highest BCUT2D eigenvalue weighted by Crippen LogP contribution is 2.15. The van der Waals surface area contributed by atoms with Gasteiger partial charge in [-0.25, -0.2) is 0 Å². The molecule has 1 aliphatic rings. The number of hydrogen-bond acceptors (Lipinski definition) is 4. The van der Waals surface area contributed by atoms with Gasteiger partial charge in [-0.15, -0.1) is 0 Å². The van der Waals surface area contributed by atoms with Crippen LogP contribution in [0.3, 0.4) is 0 Å². The second-order valence-corrected chi connectivity index (χ2v) is 7.34. The fourth-order valence-corrected chi connectivity index (χ4v) is 3.26. The van der Waals surface area contributed by atoms with Gasteiger partial charge in [0.2, 0.25) is 0 Å². The van der Waals surface area contributed by atoms with Crippen LogP contribution in [0.1, 0.15) is 30.4 Å². The maximum atomic E-state index is 5.91. The van der Waals surface area contributed by atoms with Gasteiger partial charge in [-0.2, -0.15) is 0 Å². The number of rotatable bonds is 11. The molecule has 2 aromatic rings. The van der Waals surface area contributed by atoms with Gasteiger partial charge in [-0.1, -0.05) is 42.5 Å². The smallest absolute Gasteiger partial charge is 0.191 e. The molecular formula is C24H33N3O3. The van der Waals surface area contributed by atoms with E-state index in [9.17, 15) is 0 Å². The molecule has 0 bridgehead atoms. The first-order chi connectivity index (χ1) is 14.8. The monoisotopic (exact) mass is 411 g/mol. The second kappa shape index (κ2) is 12.9. The molecule has 2 N–H and O–H groups in total. The maximum Gasteiger partial charge on any atom is 0.191 e. The molecule has 1 aliphatic heterocycles. The highest BCUT2D eigenvalue weighted by atomic mass is 16.5. The zero-order valence-corrected chi connectivity index (χ0v) is 17.8. The summed E-state index contributed by atoms with van der Waals surface area (Å²) in [5, 5.41) is 6.67. The lowest BCUT2D eigenvalue weighted by molar-refractivity contribution is 0.0168. The van der Waals surface area contributed by atoms with E-state index in [0.717, 1.165) is 61.9 Å². The van der Waals surface area contributed by atoms with E-state index in [4.69, 9.17) is 14.2 Å². The van der Waals surface area contributed by atoms with Crippen molar-refractivity contribution in [2.75, 3.05) is 33.4 Å². The van der Waals surface area contributed by atoms with Crippen molar-refractivity contribution in [3.8, 4) is 5.75 Å².